The summed E-state index contributed by atoms with van der Waals surface area (Å²) in [6.07, 6.45) is 1.39. The second-order valence-electron chi connectivity index (χ2n) is 4.10. The zero-order valence-corrected chi connectivity index (χ0v) is 9.74. The lowest BCUT2D eigenvalue weighted by molar-refractivity contribution is 0.0237. The molecule has 92 valence electrons. The van der Waals surface area contributed by atoms with Gasteiger partial charge in [-0.2, -0.15) is 0 Å². The minimum absolute atomic E-state index is 0.0706. The van der Waals surface area contributed by atoms with Crippen LogP contribution in [0, 0.1) is 5.82 Å². The first-order chi connectivity index (χ1) is 8.18. The van der Waals surface area contributed by atoms with Gasteiger partial charge in [-0.1, -0.05) is 6.07 Å². The third kappa shape index (κ3) is 2.82. The maximum atomic E-state index is 13.7. The number of ether oxygens (including phenoxy) is 2. The molecule has 2 rings (SSSR count). The van der Waals surface area contributed by atoms with E-state index in [0.717, 1.165) is 12.8 Å². The van der Waals surface area contributed by atoms with E-state index in [-0.39, 0.29) is 17.6 Å². The fourth-order valence-corrected chi connectivity index (χ4v) is 1.87. The Morgan fingerprint density at radius 3 is 2.76 bits per heavy atom. The molecule has 0 saturated carbocycles. The number of Topliss-reactive ketones (excluding diaryl/α,β-unsaturated/α-hetero) is 1. The van der Waals surface area contributed by atoms with Gasteiger partial charge >= 0.3 is 0 Å². The van der Waals surface area contributed by atoms with Gasteiger partial charge in [0.1, 0.15) is 6.10 Å². The largest absolute Gasteiger partial charge is 0.486 e. The van der Waals surface area contributed by atoms with E-state index >= 15 is 0 Å². The van der Waals surface area contributed by atoms with Gasteiger partial charge < -0.3 is 9.47 Å². The monoisotopic (exact) mass is 238 g/mol. The van der Waals surface area contributed by atoms with E-state index in [0.29, 0.717) is 18.8 Å². The number of carbonyl (C=O) groups is 1. The second kappa shape index (κ2) is 5.27. The van der Waals surface area contributed by atoms with E-state index in [1.807, 2.05) is 0 Å². The average Bonchev–Trinajstić information content (AvgIpc) is 2.33. The lowest BCUT2D eigenvalue weighted by Gasteiger charge is -2.24. The van der Waals surface area contributed by atoms with Crippen LogP contribution < -0.4 is 4.74 Å². The quantitative estimate of drug-likeness (QED) is 0.759. The molecule has 1 aromatic rings. The van der Waals surface area contributed by atoms with Crippen molar-refractivity contribution in [3.05, 3.63) is 29.6 Å². The third-order valence-corrected chi connectivity index (χ3v) is 2.80. The molecule has 4 heteroatoms. The lowest BCUT2D eigenvalue weighted by atomic mass is 10.1. The van der Waals surface area contributed by atoms with Crippen LogP contribution in [-0.4, -0.2) is 25.1 Å². The molecule has 1 aliphatic heterocycles. The number of ketones is 1. The maximum absolute atomic E-state index is 13.7. The van der Waals surface area contributed by atoms with Gasteiger partial charge in [0.15, 0.2) is 17.3 Å². The van der Waals surface area contributed by atoms with Gasteiger partial charge in [-0.15, -0.1) is 0 Å². The fourth-order valence-electron chi connectivity index (χ4n) is 1.87. The predicted octanol–water partition coefficient (Wildman–Crippen LogP) is 2.59. The molecule has 0 radical (unpaired) electrons. The van der Waals surface area contributed by atoms with Gasteiger partial charge in [-0.3, -0.25) is 4.79 Å². The van der Waals surface area contributed by atoms with Gasteiger partial charge in [0.05, 0.1) is 18.8 Å². The normalized spacial score (nSPS) is 16.8. The van der Waals surface area contributed by atoms with Crippen molar-refractivity contribution in [2.24, 2.45) is 0 Å². The van der Waals surface area contributed by atoms with E-state index in [2.05, 4.69) is 0 Å². The molecule has 1 aliphatic rings. The van der Waals surface area contributed by atoms with Gasteiger partial charge in [-0.25, -0.2) is 4.39 Å². The van der Waals surface area contributed by atoms with Gasteiger partial charge in [0.25, 0.3) is 0 Å². The zero-order valence-electron chi connectivity index (χ0n) is 9.74. The standard InChI is InChI=1S/C13H15FO3/c1-9(15)11-3-2-4-12(14)13(11)17-10-5-7-16-8-6-10/h2-4,10H,5-8H2,1H3. The summed E-state index contributed by atoms with van der Waals surface area (Å²) in [5.74, 6) is -0.595. The topological polar surface area (TPSA) is 35.5 Å². The number of benzene rings is 1. The van der Waals surface area contributed by atoms with Crippen molar-refractivity contribution in [2.45, 2.75) is 25.9 Å². The van der Waals surface area contributed by atoms with Crippen LogP contribution in [0.25, 0.3) is 0 Å². The van der Waals surface area contributed by atoms with Crippen LogP contribution in [-0.2, 0) is 4.74 Å². The number of para-hydroxylation sites is 1. The number of rotatable bonds is 3. The number of hydrogen-bond donors (Lipinski definition) is 0. The summed E-state index contributed by atoms with van der Waals surface area (Å²) in [7, 11) is 0. The second-order valence-corrected chi connectivity index (χ2v) is 4.10. The Hall–Kier alpha value is -1.42. The molecular weight excluding hydrogens is 223 g/mol. The van der Waals surface area contributed by atoms with E-state index in [4.69, 9.17) is 9.47 Å². The molecule has 0 unspecified atom stereocenters. The number of carbonyl (C=O) groups excluding carboxylic acids is 1. The smallest absolute Gasteiger partial charge is 0.166 e. The van der Waals surface area contributed by atoms with Crippen LogP contribution in [0.5, 0.6) is 5.75 Å². The zero-order chi connectivity index (χ0) is 12.3. The summed E-state index contributed by atoms with van der Waals surface area (Å²) in [5.41, 5.74) is 0.302. The Kier molecular flexibility index (Phi) is 3.74. The predicted molar refractivity (Wildman–Crippen MR) is 60.9 cm³/mol. The first-order valence-corrected chi connectivity index (χ1v) is 5.72. The lowest BCUT2D eigenvalue weighted by Crippen LogP contribution is -2.26. The third-order valence-electron chi connectivity index (χ3n) is 2.80. The molecule has 0 aromatic heterocycles. The maximum Gasteiger partial charge on any atom is 0.166 e. The van der Waals surface area contributed by atoms with Crippen molar-refractivity contribution >= 4 is 5.78 Å². The summed E-state index contributed by atoms with van der Waals surface area (Å²) in [6.45, 7) is 2.65. The van der Waals surface area contributed by atoms with Gasteiger partial charge in [0.2, 0.25) is 0 Å². The molecule has 17 heavy (non-hydrogen) atoms. The van der Waals surface area contributed by atoms with Crippen molar-refractivity contribution in [2.75, 3.05) is 13.2 Å². The highest BCUT2D eigenvalue weighted by atomic mass is 19.1. The van der Waals surface area contributed by atoms with Crippen molar-refractivity contribution in [1.29, 1.82) is 0 Å². The van der Waals surface area contributed by atoms with Crippen molar-refractivity contribution in [3.8, 4) is 5.75 Å². The van der Waals surface area contributed by atoms with Gasteiger partial charge in [0, 0.05) is 12.8 Å². The summed E-state index contributed by atoms with van der Waals surface area (Å²) in [4.78, 5) is 11.4. The number of hydrogen-bond acceptors (Lipinski definition) is 3. The van der Waals surface area contributed by atoms with Crippen molar-refractivity contribution in [1.82, 2.24) is 0 Å². The van der Waals surface area contributed by atoms with E-state index < -0.39 is 5.82 Å². The Labute approximate surface area is 99.5 Å². The van der Waals surface area contributed by atoms with Crippen LogP contribution in [0.2, 0.25) is 0 Å². The Bertz CT molecular complexity index is 411. The van der Waals surface area contributed by atoms with Crippen LogP contribution in [0.4, 0.5) is 4.39 Å². The first-order valence-electron chi connectivity index (χ1n) is 5.72. The molecule has 0 amide bonds. The molecule has 1 aromatic carbocycles. The average molecular weight is 238 g/mol. The Morgan fingerprint density at radius 2 is 2.12 bits per heavy atom. The minimum Gasteiger partial charge on any atom is -0.486 e. The first kappa shape index (κ1) is 12.0. The molecule has 1 heterocycles. The molecule has 1 saturated heterocycles. The molecule has 0 atom stereocenters. The highest BCUT2D eigenvalue weighted by molar-refractivity contribution is 5.96. The molecule has 0 spiro atoms. The Morgan fingerprint density at radius 1 is 1.41 bits per heavy atom. The van der Waals surface area contributed by atoms with E-state index in [9.17, 15) is 9.18 Å². The summed E-state index contributed by atoms with van der Waals surface area (Å²) >= 11 is 0. The van der Waals surface area contributed by atoms with Crippen LogP contribution in [0.15, 0.2) is 18.2 Å². The van der Waals surface area contributed by atoms with Crippen LogP contribution in [0.3, 0.4) is 0 Å². The van der Waals surface area contributed by atoms with E-state index in [1.54, 1.807) is 6.07 Å². The molecule has 0 N–H and O–H groups in total. The highest BCUT2D eigenvalue weighted by Gasteiger charge is 2.20. The van der Waals surface area contributed by atoms with Crippen LogP contribution >= 0.6 is 0 Å². The van der Waals surface area contributed by atoms with Crippen molar-refractivity contribution in [3.63, 3.8) is 0 Å². The highest BCUT2D eigenvalue weighted by Crippen LogP contribution is 2.26. The van der Waals surface area contributed by atoms with Crippen LogP contribution in [0.1, 0.15) is 30.1 Å². The van der Waals surface area contributed by atoms with Crippen molar-refractivity contribution < 1.29 is 18.7 Å². The van der Waals surface area contributed by atoms with E-state index in [1.165, 1.54) is 19.1 Å². The minimum atomic E-state index is -0.482. The molecular formula is C13H15FO3. The summed E-state index contributed by atoms with van der Waals surface area (Å²) in [5, 5.41) is 0. The SMILES string of the molecule is CC(=O)c1cccc(F)c1OC1CCOCC1. The van der Waals surface area contributed by atoms with Gasteiger partial charge in [-0.05, 0) is 19.1 Å². The molecule has 1 fully saturated rings. The summed E-state index contributed by atoms with van der Waals surface area (Å²) in [6, 6.07) is 4.41. The molecule has 0 aliphatic carbocycles. The molecule has 0 bridgehead atoms. The number of halogens is 1. The summed E-state index contributed by atoms with van der Waals surface area (Å²) < 4.78 is 24.5. The fraction of sp³-hybridized carbons (Fsp3) is 0.462. The molecule has 3 nitrogen and oxygen atoms in total. The Balaban J connectivity index is 2.21.